The Balaban J connectivity index is 1.90. The normalized spacial score (nSPS) is 14.1. The number of anilines is 1. The molecule has 20 heavy (non-hydrogen) atoms. The largest absolute Gasteiger partial charge is 0.482 e. The molecule has 0 unspecified atom stereocenters. The first kappa shape index (κ1) is 15.6. The summed E-state index contributed by atoms with van der Waals surface area (Å²) in [4.78, 5) is 13.9. The Morgan fingerprint density at radius 3 is 2.75 bits per heavy atom. The SMILES string of the molecule is CCCCCCCCN1C(=O)COc2ccc(I)cc21. The number of fused-ring (bicyclic) bond motifs is 1. The number of amides is 1. The summed E-state index contributed by atoms with van der Waals surface area (Å²) in [5, 5.41) is 0. The average molecular weight is 387 g/mol. The second-order valence-electron chi connectivity index (χ2n) is 5.21. The lowest BCUT2D eigenvalue weighted by atomic mass is 10.1. The molecule has 4 heteroatoms. The summed E-state index contributed by atoms with van der Waals surface area (Å²) in [5.74, 6) is 0.907. The molecule has 1 aliphatic heterocycles. The zero-order valence-electron chi connectivity index (χ0n) is 12.0. The highest BCUT2D eigenvalue weighted by atomic mass is 127. The molecule has 0 aliphatic carbocycles. The summed E-state index contributed by atoms with van der Waals surface area (Å²) in [7, 11) is 0. The number of nitrogens with zero attached hydrogens (tertiary/aromatic N) is 1. The minimum Gasteiger partial charge on any atom is -0.482 e. The molecule has 1 heterocycles. The van der Waals surface area contributed by atoms with Gasteiger partial charge in [0, 0.05) is 10.1 Å². The van der Waals surface area contributed by atoms with Crippen LogP contribution in [0.15, 0.2) is 18.2 Å². The van der Waals surface area contributed by atoms with E-state index in [0.29, 0.717) is 0 Å². The van der Waals surface area contributed by atoms with E-state index < -0.39 is 0 Å². The van der Waals surface area contributed by atoms with Crippen LogP contribution in [-0.2, 0) is 4.79 Å². The van der Waals surface area contributed by atoms with E-state index >= 15 is 0 Å². The van der Waals surface area contributed by atoms with Crippen molar-refractivity contribution < 1.29 is 9.53 Å². The summed E-state index contributed by atoms with van der Waals surface area (Å²) in [6.45, 7) is 3.20. The van der Waals surface area contributed by atoms with Gasteiger partial charge in [0.1, 0.15) is 5.75 Å². The Kier molecular flexibility index (Phi) is 6.13. The molecule has 110 valence electrons. The number of halogens is 1. The van der Waals surface area contributed by atoms with E-state index in [9.17, 15) is 4.79 Å². The topological polar surface area (TPSA) is 29.5 Å². The van der Waals surface area contributed by atoms with Crippen molar-refractivity contribution in [2.45, 2.75) is 45.4 Å². The van der Waals surface area contributed by atoms with Crippen LogP contribution in [0, 0.1) is 3.57 Å². The van der Waals surface area contributed by atoms with Gasteiger partial charge in [0.25, 0.3) is 5.91 Å². The number of rotatable bonds is 7. The number of carbonyl (C=O) groups excluding carboxylic acids is 1. The molecule has 0 N–H and O–H groups in total. The second kappa shape index (κ2) is 7.86. The van der Waals surface area contributed by atoms with Crippen LogP contribution < -0.4 is 9.64 Å². The Morgan fingerprint density at radius 1 is 1.20 bits per heavy atom. The lowest BCUT2D eigenvalue weighted by molar-refractivity contribution is -0.121. The molecular weight excluding hydrogens is 365 g/mol. The highest BCUT2D eigenvalue weighted by Crippen LogP contribution is 2.33. The maximum Gasteiger partial charge on any atom is 0.265 e. The Bertz CT molecular complexity index is 462. The van der Waals surface area contributed by atoms with Crippen molar-refractivity contribution in [2.24, 2.45) is 0 Å². The third-order valence-electron chi connectivity index (χ3n) is 3.60. The molecule has 0 fully saturated rings. The Morgan fingerprint density at radius 2 is 1.95 bits per heavy atom. The first-order valence-corrected chi connectivity index (χ1v) is 8.53. The van der Waals surface area contributed by atoms with E-state index in [1.54, 1.807) is 0 Å². The molecule has 1 amide bonds. The number of unbranched alkanes of at least 4 members (excludes halogenated alkanes) is 5. The molecule has 2 rings (SSSR count). The fourth-order valence-corrected chi connectivity index (χ4v) is 2.95. The number of ether oxygens (including phenoxy) is 1. The monoisotopic (exact) mass is 387 g/mol. The molecule has 1 aromatic rings. The predicted molar refractivity (Wildman–Crippen MR) is 90.4 cm³/mol. The molecule has 0 saturated carbocycles. The summed E-state index contributed by atoms with van der Waals surface area (Å²) < 4.78 is 6.62. The van der Waals surface area contributed by atoms with E-state index in [2.05, 4.69) is 29.5 Å². The smallest absolute Gasteiger partial charge is 0.265 e. The highest BCUT2D eigenvalue weighted by molar-refractivity contribution is 14.1. The second-order valence-corrected chi connectivity index (χ2v) is 6.46. The standard InChI is InChI=1S/C16H22INO2/c1-2-3-4-5-6-7-10-18-14-11-13(17)8-9-15(14)20-12-16(18)19/h8-9,11H,2-7,10,12H2,1H3. The van der Waals surface area contributed by atoms with Gasteiger partial charge in [-0.15, -0.1) is 0 Å². The molecule has 0 bridgehead atoms. The maximum absolute atomic E-state index is 12.0. The van der Waals surface area contributed by atoms with E-state index in [-0.39, 0.29) is 12.5 Å². The first-order chi connectivity index (χ1) is 9.72. The lowest BCUT2D eigenvalue weighted by Crippen LogP contribution is -2.39. The van der Waals surface area contributed by atoms with Crippen molar-refractivity contribution in [3.63, 3.8) is 0 Å². The van der Waals surface area contributed by atoms with E-state index in [1.807, 2.05) is 23.1 Å². The van der Waals surface area contributed by atoms with Crippen LogP contribution in [0.25, 0.3) is 0 Å². The van der Waals surface area contributed by atoms with Crippen molar-refractivity contribution in [3.05, 3.63) is 21.8 Å². The van der Waals surface area contributed by atoms with Gasteiger partial charge >= 0.3 is 0 Å². The summed E-state index contributed by atoms with van der Waals surface area (Å²) >= 11 is 2.27. The summed E-state index contributed by atoms with van der Waals surface area (Å²) in [6, 6.07) is 6.00. The van der Waals surface area contributed by atoms with Crippen LogP contribution >= 0.6 is 22.6 Å². The molecule has 0 aromatic heterocycles. The Hall–Kier alpha value is -0.780. The van der Waals surface area contributed by atoms with Crippen LogP contribution in [0.2, 0.25) is 0 Å². The van der Waals surface area contributed by atoms with Gasteiger partial charge in [0.15, 0.2) is 6.61 Å². The highest BCUT2D eigenvalue weighted by Gasteiger charge is 2.24. The predicted octanol–water partition coefficient (Wildman–Crippen LogP) is 4.38. The van der Waals surface area contributed by atoms with Crippen molar-refractivity contribution in [2.75, 3.05) is 18.1 Å². The van der Waals surface area contributed by atoms with Gasteiger partial charge in [-0.25, -0.2) is 0 Å². The maximum atomic E-state index is 12.0. The number of carbonyl (C=O) groups is 1. The third kappa shape index (κ3) is 4.11. The molecule has 0 atom stereocenters. The number of benzene rings is 1. The third-order valence-corrected chi connectivity index (χ3v) is 4.27. The van der Waals surface area contributed by atoms with Crippen LogP contribution in [-0.4, -0.2) is 19.1 Å². The number of hydrogen-bond acceptors (Lipinski definition) is 2. The number of hydrogen-bond donors (Lipinski definition) is 0. The lowest BCUT2D eigenvalue weighted by Gasteiger charge is -2.29. The quantitative estimate of drug-likeness (QED) is 0.514. The molecule has 0 saturated heterocycles. The molecule has 0 spiro atoms. The van der Waals surface area contributed by atoms with Gasteiger partial charge in [-0.1, -0.05) is 39.0 Å². The molecule has 1 aromatic carbocycles. The molecule has 1 aliphatic rings. The average Bonchev–Trinajstić information content (AvgIpc) is 2.44. The van der Waals surface area contributed by atoms with E-state index in [0.717, 1.165) is 28.0 Å². The zero-order chi connectivity index (χ0) is 14.4. The van der Waals surface area contributed by atoms with Crippen LogP contribution in [0.1, 0.15) is 45.4 Å². The van der Waals surface area contributed by atoms with Crippen LogP contribution in [0.3, 0.4) is 0 Å². The van der Waals surface area contributed by atoms with Gasteiger partial charge in [0.2, 0.25) is 0 Å². The van der Waals surface area contributed by atoms with E-state index in [4.69, 9.17) is 4.74 Å². The Labute approximate surface area is 134 Å². The van der Waals surface area contributed by atoms with Crippen molar-refractivity contribution in [1.29, 1.82) is 0 Å². The minimum absolute atomic E-state index is 0.0769. The van der Waals surface area contributed by atoms with Crippen molar-refractivity contribution >= 4 is 34.2 Å². The van der Waals surface area contributed by atoms with Gasteiger partial charge in [-0.05, 0) is 47.2 Å². The van der Waals surface area contributed by atoms with Crippen LogP contribution in [0.5, 0.6) is 5.75 Å². The van der Waals surface area contributed by atoms with Gasteiger partial charge < -0.3 is 9.64 Å². The van der Waals surface area contributed by atoms with Crippen LogP contribution in [0.4, 0.5) is 5.69 Å². The fourth-order valence-electron chi connectivity index (χ4n) is 2.47. The van der Waals surface area contributed by atoms with Gasteiger partial charge in [-0.3, -0.25) is 4.79 Å². The minimum atomic E-state index is 0.0769. The van der Waals surface area contributed by atoms with E-state index in [1.165, 1.54) is 32.1 Å². The van der Waals surface area contributed by atoms with Gasteiger partial charge in [-0.2, -0.15) is 0 Å². The van der Waals surface area contributed by atoms with Gasteiger partial charge in [0.05, 0.1) is 5.69 Å². The molecule has 3 nitrogen and oxygen atoms in total. The molecule has 0 radical (unpaired) electrons. The van der Waals surface area contributed by atoms with Crippen molar-refractivity contribution in [3.8, 4) is 5.75 Å². The molecular formula is C16H22INO2. The summed E-state index contributed by atoms with van der Waals surface area (Å²) in [6.07, 6.45) is 7.43. The first-order valence-electron chi connectivity index (χ1n) is 7.45. The zero-order valence-corrected chi connectivity index (χ0v) is 14.2. The summed E-state index contributed by atoms with van der Waals surface area (Å²) in [5.41, 5.74) is 0.932. The fraction of sp³-hybridized carbons (Fsp3) is 0.562. The van der Waals surface area contributed by atoms with Crippen molar-refractivity contribution in [1.82, 2.24) is 0 Å².